The van der Waals surface area contributed by atoms with E-state index in [-0.39, 0.29) is 36.1 Å². The highest BCUT2D eigenvalue weighted by atomic mass is 32.2. The lowest BCUT2D eigenvalue weighted by Gasteiger charge is -2.24. The van der Waals surface area contributed by atoms with Gasteiger partial charge in [0.15, 0.2) is 11.6 Å². The van der Waals surface area contributed by atoms with Crippen LogP contribution in [0.4, 0.5) is 32.2 Å². The van der Waals surface area contributed by atoms with Gasteiger partial charge in [0.25, 0.3) is 0 Å². The third kappa shape index (κ3) is 6.76. The molecule has 0 N–H and O–H groups in total. The van der Waals surface area contributed by atoms with E-state index in [1.54, 1.807) is 17.0 Å². The van der Waals surface area contributed by atoms with E-state index < -0.39 is 39.0 Å². The summed E-state index contributed by atoms with van der Waals surface area (Å²) >= 11 is 0. The molecule has 1 aliphatic rings. The number of aromatic nitrogens is 3. The zero-order chi connectivity index (χ0) is 26.8. The Morgan fingerprint density at radius 3 is 2.14 bits per heavy atom. The van der Waals surface area contributed by atoms with Gasteiger partial charge in [0.2, 0.25) is 9.84 Å². The number of hydrogen-bond acceptors (Lipinski definition) is 6. The molecule has 1 aliphatic carbocycles. The number of aryl methyl sites for hydroxylation is 2. The molecule has 0 amide bonds. The van der Waals surface area contributed by atoms with Gasteiger partial charge in [0.05, 0.1) is 11.4 Å². The maximum Gasteiger partial charge on any atom is 0.433 e. The fraction of sp³-hybridized carbons (Fsp3) is 0.375. The van der Waals surface area contributed by atoms with Gasteiger partial charge in [-0.1, -0.05) is 30.3 Å². The molecule has 2 aromatic heterocycles. The maximum absolute atomic E-state index is 15.4. The molecule has 2 heterocycles. The highest BCUT2D eigenvalue weighted by Crippen LogP contribution is 2.34. The van der Waals surface area contributed by atoms with E-state index >= 15 is 4.39 Å². The van der Waals surface area contributed by atoms with Gasteiger partial charge in [0, 0.05) is 18.8 Å². The van der Waals surface area contributed by atoms with Crippen molar-refractivity contribution in [3.63, 3.8) is 0 Å². The highest BCUT2D eigenvalue weighted by molar-refractivity contribution is 7.90. The van der Waals surface area contributed by atoms with Crippen LogP contribution in [0.15, 0.2) is 48.9 Å². The molecule has 1 saturated carbocycles. The van der Waals surface area contributed by atoms with Crippen molar-refractivity contribution >= 4 is 15.7 Å². The summed E-state index contributed by atoms with van der Waals surface area (Å²) in [5.41, 5.74) is 0.567. The molecule has 13 heteroatoms. The Balaban J connectivity index is 1.45. The monoisotopic (exact) mass is 544 g/mol. The molecular formula is C24H22F6N4O2S. The Kier molecular flexibility index (Phi) is 7.72. The number of alkyl halides is 5. The van der Waals surface area contributed by atoms with Crippen LogP contribution in [0.3, 0.4) is 0 Å². The lowest BCUT2D eigenvalue weighted by molar-refractivity contribution is -0.141. The first kappa shape index (κ1) is 26.8. The van der Waals surface area contributed by atoms with Crippen LogP contribution in [0.1, 0.15) is 40.9 Å². The summed E-state index contributed by atoms with van der Waals surface area (Å²) in [6, 6.07) is 8.23. The molecule has 0 radical (unpaired) electrons. The van der Waals surface area contributed by atoms with Gasteiger partial charge in [-0.3, -0.25) is 4.98 Å². The Labute approximate surface area is 209 Å². The Morgan fingerprint density at radius 1 is 0.919 bits per heavy atom. The van der Waals surface area contributed by atoms with Gasteiger partial charge in [-0.15, -0.1) is 0 Å². The molecule has 1 fully saturated rings. The van der Waals surface area contributed by atoms with Crippen LogP contribution in [0.25, 0.3) is 0 Å². The maximum atomic E-state index is 15.4. The fourth-order valence-electron chi connectivity index (χ4n) is 3.78. The smallest absolute Gasteiger partial charge is 0.347 e. The minimum atomic E-state index is -4.55. The lowest BCUT2D eigenvalue weighted by Crippen LogP contribution is -2.28. The topological polar surface area (TPSA) is 76.1 Å². The number of halogens is 6. The number of sulfone groups is 1. The van der Waals surface area contributed by atoms with Crippen molar-refractivity contribution in [2.75, 3.05) is 4.90 Å². The van der Waals surface area contributed by atoms with E-state index in [4.69, 9.17) is 0 Å². The standard InChI is InChI=1S/C24H22F6N4O2S/c25-21-19(9-5-15-1-3-16(4-2-15)13-37(35,36)23(26)27)32-14-33-22(21)34(18-7-8-18)12-17-6-10-20(31-11-17)24(28,29)30/h1-4,6,10-11,14,18,23H,5,7-9,12-13H2. The fourth-order valence-corrected chi connectivity index (χ4v) is 4.56. The van der Waals surface area contributed by atoms with Crippen molar-refractivity contribution < 1.29 is 34.8 Å². The Bertz CT molecular complexity index is 1330. The molecule has 0 aliphatic heterocycles. The van der Waals surface area contributed by atoms with Gasteiger partial charge in [-0.25, -0.2) is 22.8 Å². The molecule has 0 unspecified atom stereocenters. The molecule has 6 nitrogen and oxygen atoms in total. The molecule has 0 saturated heterocycles. The molecule has 198 valence electrons. The van der Waals surface area contributed by atoms with Gasteiger partial charge in [0.1, 0.15) is 12.0 Å². The molecule has 1 aromatic carbocycles. The second-order valence-corrected chi connectivity index (χ2v) is 10.7. The first-order valence-corrected chi connectivity index (χ1v) is 13.0. The molecule has 4 rings (SSSR count). The minimum absolute atomic E-state index is 0.00314. The normalized spacial score (nSPS) is 14.2. The van der Waals surface area contributed by atoms with Gasteiger partial charge >= 0.3 is 11.9 Å². The van der Waals surface area contributed by atoms with Crippen LogP contribution in [0, 0.1) is 5.82 Å². The zero-order valence-electron chi connectivity index (χ0n) is 19.3. The van der Waals surface area contributed by atoms with Crippen molar-refractivity contribution in [1.82, 2.24) is 15.0 Å². The van der Waals surface area contributed by atoms with E-state index in [2.05, 4.69) is 15.0 Å². The predicted octanol–water partition coefficient (Wildman–Crippen LogP) is 5.12. The lowest BCUT2D eigenvalue weighted by atomic mass is 10.1. The minimum Gasteiger partial charge on any atom is -0.347 e. The summed E-state index contributed by atoms with van der Waals surface area (Å²) in [5, 5.41) is 0. The van der Waals surface area contributed by atoms with Gasteiger partial charge < -0.3 is 4.90 Å². The van der Waals surface area contributed by atoms with Crippen molar-refractivity contribution in [2.45, 2.75) is 56.0 Å². The van der Waals surface area contributed by atoms with E-state index in [9.17, 15) is 30.4 Å². The van der Waals surface area contributed by atoms with Gasteiger partial charge in [-0.2, -0.15) is 22.0 Å². The summed E-state index contributed by atoms with van der Waals surface area (Å²) in [5.74, 6) is -4.80. The number of rotatable bonds is 10. The van der Waals surface area contributed by atoms with Crippen molar-refractivity contribution in [3.05, 3.63) is 82.8 Å². The van der Waals surface area contributed by atoms with Crippen LogP contribution in [0.2, 0.25) is 0 Å². The Hall–Kier alpha value is -3.22. The molecule has 3 aromatic rings. The summed E-state index contributed by atoms with van der Waals surface area (Å²) < 4.78 is 102. The largest absolute Gasteiger partial charge is 0.433 e. The number of anilines is 1. The quantitative estimate of drug-likeness (QED) is 0.330. The van der Waals surface area contributed by atoms with Crippen molar-refractivity contribution in [2.24, 2.45) is 0 Å². The van der Waals surface area contributed by atoms with Crippen LogP contribution >= 0.6 is 0 Å². The van der Waals surface area contributed by atoms with Crippen molar-refractivity contribution in [1.29, 1.82) is 0 Å². The predicted molar refractivity (Wildman–Crippen MR) is 123 cm³/mol. The summed E-state index contributed by atoms with van der Waals surface area (Å²) in [4.78, 5) is 13.3. The Morgan fingerprint density at radius 2 is 1.57 bits per heavy atom. The first-order chi connectivity index (χ1) is 17.4. The number of hydrogen-bond donors (Lipinski definition) is 0. The van der Waals surface area contributed by atoms with Crippen molar-refractivity contribution in [3.8, 4) is 0 Å². The van der Waals surface area contributed by atoms with E-state index in [1.807, 2.05) is 0 Å². The summed E-state index contributed by atoms with van der Waals surface area (Å²) in [6.07, 6.45) is -0.0775. The molecule has 0 bridgehead atoms. The molecule has 37 heavy (non-hydrogen) atoms. The van der Waals surface area contributed by atoms with Crippen LogP contribution < -0.4 is 4.90 Å². The summed E-state index contributed by atoms with van der Waals surface area (Å²) in [6.45, 7) is 0.131. The number of nitrogens with zero attached hydrogens (tertiary/aromatic N) is 4. The average Bonchev–Trinajstić information content (AvgIpc) is 3.68. The zero-order valence-corrected chi connectivity index (χ0v) is 20.1. The average molecular weight is 545 g/mol. The van der Waals surface area contributed by atoms with Gasteiger partial charge in [-0.05, 0) is 48.4 Å². The number of benzene rings is 1. The van der Waals surface area contributed by atoms with E-state index in [0.29, 0.717) is 12.0 Å². The highest BCUT2D eigenvalue weighted by Gasteiger charge is 2.34. The SMILES string of the molecule is O=S(=O)(Cc1ccc(CCc2ncnc(N(Cc3ccc(C(F)(F)F)nc3)C3CC3)c2F)cc1)C(F)F. The van der Waals surface area contributed by atoms with Crippen LogP contribution in [-0.2, 0) is 41.2 Å². The second kappa shape index (κ2) is 10.6. The third-order valence-corrected chi connectivity index (χ3v) is 7.16. The van der Waals surface area contributed by atoms with Crippen LogP contribution in [-0.4, -0.2) is 35.2 Å². The second-order valence-electron chi connectivity index (χ2n) is 8.75. The van der Waals surface area contributed by atoms with Crippen LogP contribution in [0.5, 0.6) is 0 Å². The summed E-state index contributed by atoms with van der Waals surface area (Å²) in [7, 11) is -4.53. The number of pyridine rings is 1. The first-order valence-electron chi connectivity index (χ1n) is 11.3. The third-order valence-electron chi connectivity index (χ3n) is 5.88. The molecule has 0 spiro atoms. The van der Waals surface area contributed by atoms with E-state index in [1.165, 1.54) is 24.5 Å². The van der Waals surface area contributed by atoms with E-state index in [0.717, 1.165) is 30.7 Å². The molecule has 0 atom stereocenters. The molecular weight excluding hydrogens is 522 g/mol.